The fourth-order valence-corrected chi connectivity index (χ4v) is 2.44. The molecule has 0 radical (unpaired) electrons. The first-order valence-corrected chi connectivity index (χ1v) is 7.16. The van der Waals surface area contributed by atoms with E-state index in [4.69, 9.17) is 5.11 Å². The second kappa shape index (κ2) is 6.51. The van der Waals surface area contributed by atoms with E-state index in [0.717, 1.165) is 12.8 Å². The van der Waals surface area contributed by atoms with E-state index in [1.807, 2.05) is 6.92 Å². The Morgan fingerprint density at radius 1 is 1.43 bits per heavy atom. The summed E-state index contributed by atoms with van der Waals surface area (Å²) in [6.45, 7) is 2.87. The van der Waals surface area contributed by atoms with Crippen LogP contribution >= 0.6 is 0 Å². The normalized spacial score (nSPS) is 18.0. The third-order valence-electron chi connectivity index (χ3n) is 3.61. The molecular formula is C14H19N3O4. The van der Waals surface area contributed by atoms with Crippen molar-refractivity contribution < 1.29 is 14.7 Å². The summed E-state index contributed by atoms with van der Waals surface area (Å²) in [7, 11) is 0. The number of aromatic nitrogens is 2. The van der Waals surface area contributed by atoms with Gasteiger partial charge in [-0.2, -0.15) is 5.10 Å². The van der Waals surface area contributed by atoms with E-state index in [9.17, 15) is 14.4 Å². The first-order chi connectivity index (χ1) is 10.0. The van der Waals surface area contributed by atoms with Crippen LogP contribution in [0.15, 0.2) is 16.9 Å². The van der Waals surface area contributed by atoms with Crippen LogP contribution < -0.4 is 5.56 Å². The van der Waals surface area contributed by atoms with Gasteiger partial charge in [-0.1, -0.05) is 13.3 Å². The fourth-order valence-electron chi connectivity index (χ4n) is 2.44. The summed E-state index contributed by atoms with van der Waals surface area (Å²) < 4.78 is 1.27. The van der Waals surface area contributed by atoms with Crippen molar-refractivity contribution in [3.63, 3.8) is 0 Å². The quantitative estimate of drug-likeness (QED) is 0.864. The third kappa shape index (κ3) is 3.29. The lowest BCUT2D eigenvalue weighted by atomic mass is 10.2. The summed E-state index contributed by atoms with van der Waals surface area (Å²) in [6.07, 6.45) is 2.83. The SMILES string of the molecule is CCCCn1nc(C(=O)N2CCC[C@H]2C(=O)O)ccc1=O. The maximum atomic E-state index is 12.4. The van der Waals surface area contributed by atoms with E-state index < -0.39 is 17.9 Å². The zero-order valence-corrected chi connectivity index (χ0v) is 12.0. The number of carboxylic acids is 1. The second-order valence-electron chi connectivity index (χ2n) is 5.13. The number of amides is 1. The Bertz CT molecular complexity index is 596. The van der Waals surface area contributed by atoms with Gasteiger partial charge in [-0.05, 0) is 25.3 Å². The average molecular weight is 293 g/mol. The highest BCUT2D eigenvalue weighted by Crippen LogP contribution is 2.19. The number of rotatable bonds is 5. The highest BCUT2D eigenvalue weighted by atomic mass is 16.4. The molecule has 2 rings (SSSR count). The summed E-state index contributed by atoms with van der Waals surface area (Å²) >= 11 is 0. The largest absolute Gasteiger partial charge is 0.480 e. The van der Waals surface area contributed by atoms with Gasteiger partial charge in [0.05, 0.1) is 0 Å². The van der Waals surface area contributed by atoms with E-state index in [-0.39, 0.29) is 11.3 Å². The van der Waals surface area contributed by atoms with Crippen molar-refractivity contribution in [2.75, 3.05) is 6.54 Å². The predicted octanol–water partition coefficient (Wildman–Crippen LogP) is 0.733. The molecule has 21 heavy (non-hydrogen) atoms. The number of carbonyl (C=O) groups excluding carboxylic acids is 1. The molecule has 1 saturated heterocycles. The number of likely N-dealkylation sites (tertiary alicyclic amines) is 1. The van der Waals surface area contributed by atoms with E-state index in [2.05, 4.69) is 5.10 Å². The van der Waals surface area contributed by atoms with Gasteiger partial charge in [0.25, 0.3) is 11.5 Å². The molecule has 7 nitrogen and oxygen atoms in total. The first-order valence-electron chi connectivity index (χ1n) is 7.16. The van der Waals surface area contributed by atoms with Gasteiger partial charge in [-0.3, -0.25) is 9.59 Å². The third-order valence-corrected chi connectivity index (χ3v) is 3.61. The summed E-state index contributed by atoms with van der Waals surface area (Å²) in [5.41, 5.74) is -0.130. The maximum Gasteiger partial charge on any atom is 0.326 e. The molecule has 1 atom stereocenters. The van der Waals surface area contributed by atoms with Crippen LogP contribution in [0.1, 0.15) is 43.1 Å². The van der Waals surface area contributed by atoms with Crippen LogP contribution in [0.4, 0.5) is 0 Å². The lowest BCUT2D eigenvalue weighted by molar-refractivity contribution is -0.141. The Hall–Kier alpha value is -2.18. The smallest absolute Gasteiger partial charge is 0.326 e. The number of carbonyl (C=O) groups is 2. The van der Waals surface area contributed by atoms with Gasteiger partial charge in [0.2, 0.25) is 0 Å². The van der Waals surface area contributed by atoms with Crippen LogP contribution in [0.3, 0.4) is 0 Å². The average Bonchev–Trinajstić information content (AvgIpc) is 2.95. The highest BCUT2D eigenvalue weighted by molar-refractivity contribution is 5.95. The molecule has 1 N–H and O–H groups in total. The molecule has 0 unspecified atom stereocenters. The van der Waals surface area contributed by atoms with Gasteiger partial charge in [0.15, 0.2) is 0 Å². The van der Waals surface area contributed by atoms with Crippen molar-refractivity contribution in [2.45, 2.75) is 45.2 Å². The van der Waals surface area contributed by atoms with Gasteiger partial charge >= 0.3 is 5.97 Å². The summed E-state index contributed by atoms with van der Waals surface area (Å²) in [4.78, 5) is 36.5. The summed E-state index contributed by atoms with van der Waals surface area (Å²) in [5.74, 6) is -1.43. The molecule has 1 aliphatic rings. The summed E-state index contributed by atoms with van der Waals surface area (Å²) in [6, 6.07) is 1.88. The van der Waals surface area contributed by atoms with Gasteiger partial charge in [-0.25, -0.2) is 9.48 Å². The Morgan fingerprint density at radius 2 is 2.19 bits per heavy atom. The molecule has 1 fully saturated rings. The fraction of sp³-hybridized carbons (Fsp3) is 0.571. The van der Waals surface area contributed by atoms with Gasteiger partial charge in [-0.15, -0.1) is 0 Å². The zero-order chi connectivity index (χ0) is 15.4. The molecule has 0 bridgehead atoms. The van der Waals surface area contributed by atoms with Crippen LogP contribution in [0.5, 0.6) is 0 Å². The van der Waals surface area contributed by atoms with E-state index in [1.54, 1.807) is 0 Å². The topological polar surface area (TPSA) is 92.5 Å². The number of unbranched alkanes of at least 4 members (excludes halogenated alkanes) is 1. The van der Waals surface area contributed by atoms with Gasteiger partial charge < -0.3 is 10.0 Å². The molecule has 114 valence electrons. The van der Waals surface area contributed by atoms with Crippen LogP contribution in [0.2, 0.25) is 0 Å². The van der Waals surface area contributed by atoms with Crippen molar-refractivity contribution in [1.82, 2.24) is 14.7 Å². The number of hydrogen-bond acceptors (Lipinski definition) is 4. The van der Waals surface area contributed by atoms with Crippen LogP contribution in [0.25, 0.3) is 0 Å². The van der Waals surface area contributed by atoms with Crippen LogP contribution in [-0.4, -0.2) is 44.3 Å². The minimum absolute atomic E-state index is 0.124. The van der Waals surface area contributed by atoms with Gasteiger partial charge in [0.1, 0.15) is 11.7 Å². The second-order valence-corrected chi connectivity index (χ2v) is 5.13. The number of carboxylic acid groups (broad SMARTS) is 1. The maximum absolute atomic E-state index is 12.4. The lowest BCUT2D eigenvalue weighted by Crippen LogP contribution is -2.41. The number of aryl methyl sites for hydroxylation is 1. The van der Waals surface area contributed by atoms with Crippen LogP contribution in [0, 0.1) is 0 Å². The Balaban J connectivity index is 2.23. The molecule has 1 aromatic rings. The van der Waals surface area contributed by atoms with Crippen molar-refractivity contribution in [3.05, 3.63) is 28.2 Å². The molecule has 7 heteroatoms. The van der Waals surface area contributed by atoms with E-state index >= 15 is 0 Å². The standard InChI is InChI=1S/C14H19N3O4/c1-2-3-9-17-12(18)7-6-10(15-17)13(19)16-8-4-5-11(16)14(20)21/h6-7,11H,2-5,8-9H2,1H3,(H,20,21)/t11-/m0/s1. The van der Waals surface area contributed by atoms with Crippen molar-refractivity contribution >= 4 is 11.9 Å². The molecule has 1 amide bonds. The van der Waals surface area contributed by atoms with Crippen LogP contribution in [-0.2, 0) is 11.3 Å². The molecule has 1 aliphatic heterocycles. The Labute approximate surface area is 122 Å². The summed E-state index contributed by atoms with van der Waals surface area (Å²) in [5, 5.41) is 13.2. The van der Waals surface area contributed by atoms with Gasteiger partial charge in [0, 0.05) is 19.2 Å². The molecular weight excluding hydrogens is 274 g/mol. The predicted molar refractivity (Wildman–Crippen MR) is 75.1 cm³/mol. The van der Waals surface area contributed by atoms with E-state index in [0.29, 0.717) is 25.9 Å². The number of aliphatic carboxylic acids is 1. The minimum Gasteiger partial charge on any atom is -0.480 e. The van der Waals surface area contributed by atoms with Crippen molar-refractivity contribution in [1.29, 1.82) is 0 Å². The van der Waals surface area contributed by atoms with Crippen molar-refractivity contribution in [2.24, 2.45) is 0 Å². The molecule has 0 spiro atoms. The lowest BCUT2D eigenvalue weighted by Gasteiger charge is -2.21. The zero-order valence-electron chi connectivity index (χ0n) is 12.0. The molecule has 0 aromatic carbocycles. The van der Waals surface area contributed by atoms with E-state index in [1.165, 1.54) is 21.7 Å². The first kappa shape index (κ1) is 15.2. The minimum atomic E-state index is -1.000. The molecule has 1 aromatic heterocycles. The van der Waals surface area contributed by atoms with Crippen molar-refractivity contribution in [3.8, 4) is 0 Å². The monoisotopic (exact) mass is 293 g/mol. The Morgan fingerprint density at radius 3 is 2.86 bits per heavy atom. The molecule has 0 saturated carbocycles. The Kier molecular flexibility index (Phi) is 4.72. The number of nitrogens with zero attached hydrogens (tertiary/aromatic N) is 3. The number of hydrogen-bond donors (Lipinski definition) is 1. The molecule has 2 heterocycles. The highest BCUT2D eigenvalue weighted by Gasteiger charge is 2.35. The molecule has 0 aliphatic carbocycles.